The lowest BCUT2D eigenvalue weighted by Crippen LogP contribution is -2.38. The highest BCUT2D eigenvalue weighted by molar-refractivity contribution is 6.01. The number of aromatic nitrogens is 1. The average molecular weight is 269 g/mol. The summed E-state index contributed by atoms with van der Waals surface area (Å²) < 4.78 is 5.50. The summed E-state index contributed by atoms with van der Waals surface area (Å²) in [5.41, 5.74) is 2.65. The molecule has 5 nitrogen and oxygen atoms in total. The Morgan fingerprint density at radius 3 is 3.00 bits per heavy atom. The van der Waals surface area contributed by atoms with E-state index in [0.717, 1.165) is 22.7 Å². The Balaban J connectivity index is 2.01. The smallest absolute Gasteiger partial charge is 0.265 e. The molecule has 20 heavy (non-hydrogen) atoms. The van der Waals surface area contributed by atoms with Gasteiger partial charge in [0.25, 0.3) is 5.91 Å². The van der Waals surface area contributed by atoms with E-state index in [1.807, 2.05) is 37.4 Å². The molecule has 1 aromatic carbocycles. The molecule has 3 rings (SSSR count). The van der Waals surface area contributed by atoms with Gasteiger partial charge in [0, 0.05) is 19.4 Å². The predicted molar refractivity (Wildman–Crippen MR) is 76.9 cm³/mol. The van der Waals surface area contributed by atoms with E-state index in [1.165, 1.54) is 0 Å². The van der Waals surface area contributed by atoms with Crippen molar-refractivity contribution in [2.75, 3.05) is 23.9 Å². The number of ether oxygens (including phenoxy) is 1. The maximum absolute atomic E-state index is 12.2. The zero-order valence-electron chi connectivity index (χ0n) is 11.2. The Hall–Kier alpha value is -2.56. The first-order chi connectivity index (χ1) is 9.79. The number of rotatable bonds is 3. The number of hydrogen-bond acceptors (Lipinski definition) is 4. The molecule has 0 saturated carbocycles. The molecule has 0 unspecified atom stereocenters. The fraction of sp³-hybridized carbons (Fsp3) is 0.200. The van der Waals surface area contributed by atoms with Crippen LogP contribution >= 0.6 is 0 Å². The van der Waals surface area contributed by atoms with Crippen LogP contribution in [0.3, 0.4) is 0 Å². The molecular formula is C15H15N3O2. The first-order valence-corrected chi connectivity index (χ1v) is 6.42. The van der Waals surface area contributed by atoms with E-state index in [0.29, 0.717) is 6.54 Å². The minimum atomic E-state index is -0.0518. The third-order valence-corrected chi connectivity index (χ3v) is 3.25. The van der Waals surface area contributed by atoms with Crippen LogP contribution in [0.1, 0.15) is 5.56 Å². The molecule has 5 heteroatoms. The molecule has 0 fully saturated rings. The van der Waals surface area contributed by atoms with Crippen molar-refractivity contribution in [2.45, 2.75) is 6.54 Å². The standard InChI is InChI=1S/C15H15N3O2/c1-16-12-5-2-6-13-15(12)18(14(19)10-20-13)9-11-4-3-7-17-8-11/h2-8,16H,9-10H2,1H3. The number of fused-ring (bicyclic) bond motifs is 1. The lowest BCUT2D eigenvalue weighted by molar-refractivity contribution is -0.121. The molecule has 0 spiro atoms. The Kier molecular flexibility index (Phi) is 3.25. The van der Waals surface area contributed by atoms with Crippen molar-refractivity contribution in [1.82, 2.24) is 4.98 Å². The number of amides is 1. The second kappa shape index (κ2) is 5.21. The van der Waals surface area contributed by atoms with Gasteiger partial charge in [-0.25, -0.2) is 0 Å². The van der Waals surface area contributed by atoms with Crippen molar-refractivity contribution in [1.29, 1.82) is 0 Å². The van der Waals surface area contributed by atoms with Crippen molar-refractivity contribution in [3.63, 3.8) is 0 Å². The molecule has 0 aliphatic carbocycles. The lowest BCUT2D eigenvalue weighted by Gasteiger charge is -2.31. The molecule has 1 aromatic heterocycles. The maximum atomic E-state index is 12.2. The van der Waals surface area contributed by atoms with Crippen LogP contribution in [0.5, 0.6) is 5.75 Å². The normalized spacial score (nSPS) is 13.7. The van der Waals surface area contributed by atoms with Gasteiger partial charge in [-0.15, -0.1) is 0 Å². The van der Waals surface area contributed by atoms with E-state index >= 15 is 0 Å². The van der Waals surface area contributed by atoms with Crippen LogP contribution in [0.25, 0.3) is 0 Å². The second-order valence-electron chi connectivity index (χ2n) is 4.53. The number of hydrogen-bond donors (Lipinski definition) is 1. The number of carbonyl (C=O) groups is 1. The van der Waals surface area contributed by atoms with Crippen LogP contribution < -0.4 is 15.0 Å². The number of anilines is 2. The summed E-state index contributed by atoms with van der Waals surface area (Å²) in [6, 6.07) is 9.53. The highest BCUT2D eigenvalue weighted by atomic mass is 16.5. The van der Waals surface area contributed by atoms with Gasteiger partial charge in [0.1, 0.15) is 11.4 Å². The Morgan fingerprint density at radius 2 is 2.25 bits per heavy atom. The van der Waals surface area contributed by atoms with Crippen LogP contribution in [0, 0.1) is 0 Å². The topological polar surface area (TPSA) is 54.5 Å². The number of benzene rings is 1. The van der Waals surface area contributed by atoms with E-state index in [9.17, 15) is 4.79 Å². The number of pyridine rings is 1. The Morgan fingerprint density at radius 1 is 1.35 bits per heavy atom. The molecule has 0 radical (unpaired) electrons. The Labute approximate surface area is 117 Å². The van der Waals surface area contributed by atoms with Crippen molar-refractivity contribution < 1.29 is 9.53 Å². The lowest BCUT2D eigenvalue weighted by atomic mass is 10.1. The van der Waals surface area contributed by atoms with Crippen LogP contribution in [-0.2, 0) is 11.3 Å². The summed E-state index contributed by atoms with van der Waals surface area (Å²) in [5, 5.41) is 3.10. The van der Waals surface area contributed by atoms with Crippen molar-refractivity contribution in [2.24, 2.45) is 0 Å². The number of para-hydroxylation sites is 1. The summed E-state index contributed by atoms with van der Waals surface area (Å²) >= 11 is 0. The third kappa shape index (κ3) is 2.18. The van der Waals surface area contributed by atoms with Gasteiger partial charge in [-0.2, -0.15) is 0 Å². The molecule has 2 heterocycles. The van der Waals surface area contributed by atoms with Crippen LogP contribution in [0.15, 0.2) is 42.7 Å². The zero-order chi connectivity index (χ0) is 13.9. The molecular weight excluding hydrogens is 254 g/mol. The molecule has 0 saturated heterocycles. The molecule has 1 aliphatic heterocycles. The summed E-state index contributed by atoms with van der Waals surface area (Å²) in [7, 11) is 1.83. The SMILES string of the molecule is CNc1cccc2c1N(Cc1cccnc1)C(=O)CO2. The van der Waals surface area contributed by atoms with Crippen molar-refractivity contribution in [3.8, 4) is 5.75 Å². The third-order valence-electron chi connectivity index (χ3n) is 3.25. The molecule has 1 N–H and O–H groups in total. The summed E-state index contributed by atoms with van der Waals surface area (Å²) in [4.78, 5) is 18.0. The molecule has 2 aromatic rings. The molecule has 102 valence electrons. The minimum Gasteiger partial charge on any atom is -0.481 e. The first kappa shape index (κ1) is 12.5. The average Bonchev–Trinajstić information content (AvgIpc) is 2.50. The van der Waals surface area contributed by atoms with Gasteiger partial charge in [0.15, 0.2) is 6.61 Å². The molecule has 0 bridgehead atoms. The maximum Gasteiger partial charge on any atom is 0.265 e. The summed E-state index contributed by atoms with van der Waals surface area (Å²) in [6.45, 7) is 0.558. The number of nitrogens with one attached hydrogen (secondary N) is 1. The van der Waals surface area contributed by atoms with E-state index < -0.39 is 0 Å². The van der Waals surface area contributed by atoms with Crippen LogP contribution in [-0.4, -0.2) is 24.5 Å². The largest absolute Gasteiger partial charge is 0.481 e. The second-order valence-corrected chi connectivity index (χ2v) is 4.53. The summed E-state index contributed by atoms with van der Waals surface area (Å²) in [6.07, 6.45) is 3.49. The number of carbonyl (C=O) groups excluding carboxylic acids is 1. The van der Waals surface area contributed by atoms with Gasteiger partial charge in [0.2, 0.25) is 0 Å². The first-order valence-electron chi connectivity index (χ1n) is 6.42. The van der Waals surface area contributed by atoms with Gasteiger partial charge in [-0.3, -0.25) is 14.7 Å². The van der Waals surface area contributed by atoms with E-state index in [1.54, 1.807) is 17.3 Å². The van der Waals surface area contributed by atoms with E-state index in [2.05, 4.69) is 10.3 Å². The van der Waals surface area contributed by atoms with Crippen LogP contribution in [0.4, 0.5) is 11.4 Å². The number of nitrogens with zero attached hydrogens (tertiary/aromatic N) is 2. The molecule has 0 atom stereocenters. The highest BCUT2D eigenvalue weighted by Gasteiger charge is 2.27. The van der Waals surface area contributed by atoms with Gasteiger partial charge in [0.05, 0.1) is 12.2 Å². The van der Waals surface area contributed by atoms with E-state index in [-0.39, 0.29) is 12.5 Å². The van der Waals surface area contributed by atoms with Gasteiger partial charge in [-0.1, -0.05) is 12.1 Å². The van der Waals surface area contributed by atoms with Crippen molar-refractivity contribution in [3.05, 3.63) is 48.3 Å². The fourth-order valence-corrected chi connectivity index (χ4v) is 2.30. The quantitative estimate of drug-likeness (QED) is 0.926. The Bertz CT molecular complexity index is 614. The minimum absolute atomic E-state index is 0.0518. The fourth-order valence-electron chi connectivity index (χ4n) is 2.30. The van der Waals surface area contributed by atoms with Gasteiger partial charge >= 0.3 is 0 Å². The highest BCUT2D eigenvalue weighted by Crippen LogP contribution is 2.39. The molecule has 1 aliphatic rings. The predicted octanol–water partition coefficient (Wildman–Crippen LogP) is 2.05. The van der Waals surface area contributed by atoms with Crippen LogP contribution in [0.2, 0.25) is 0 Å². The summed E-state index contributed by atoms with van der Waals surface area (Å²) in [5.74, 6) is 0.671. The zero-order valence-corrected chi connectivity index (χ0v) is 11.2. The monoisotopic (exact) mass is 269 g/mol. The molecule has 1 amide bonds. The van der Waals surface area contributed by atoms with Gasteiger partial charge in [-0.05, 0) is 23.8 Å². The van der Waals surface area contributed by atoms with E-state index in [4.69, 9.17) is 4.74 Å². The van der Waals surface area contributed by atoms with Crippen molar-refractivity contribution >= 4 is 17.3 Å². The van der Waals surface area contributed by atoms with Gasteiger partial charge < -0.3 is 10.1 Å².